The van der Waals surface area contributed by atoms with Crippen molar-refractivity contribution in [3.05, 3.63) is 76.0 Å². The molecule has 1 aliphatic heterocycles. The fourth-order valence-electron chi connectivity index (χ4n) is 4.35. The number of ketones is 1. The maximum atomic E-state index is 13.5. The van der Waals surface area contributed by atoms with Gasteiger partial charge in [0.25, 0.3) is 0 Å². The summed E-state index contributed by atoms with van der Waals surface area (Å²) in [6, 6.07) is 12.8. The zero-order chi connectivity index (χ0) is 23.5. The molecule has 2 aromatic carbocycles. The average Bonchev–Trinajstić information content (AvgIpc) is 3.09. The summed E-state index contributed by atoms with van der Waals surface area (Å²) in [5.74, 6) is 2.24. The molecule has 0 saturated carbocycles. The van der Waals surface area contributed by atoms with Gasteiger partial charge in [-0.15, -0.1) is 6.42 Å². The van der Waals surface area contributed by atoms with Gasteiger partial charge in [-0.2, -0.15) is 0 Å². The Labute approximate surface area is 193 Å². The quantitative estimate of drug-likeness (QED) is 0.510. The highest BCUT2D eigenvalue weighted by Gasteiger charge is 2.43. The van der Waals surface area contributed by atoms with Gasteiger partial charge in [0, 0.05) is 28.3 Å². The van der Waals surface area contributed by atoms with Crippen molar-refractivity contribution in [3.63, 3.8) is 0 Å². The first-order chi connectivity index (χ1) is 16.0. The number of carbonyl (C=O) groups excluding carboxylic acids is 2. The van der Waals surface area contributed by atoms with E-state index in [0.717, 1.165) is 16.8 Å². The van der Waals surface area contributed by atoms with Crippen molar-refractivity contribution in [1.82, 2.24) is 5.32 Å². The minimum atomic E-state index is -0.624. The molecule has 0 unspecified atom stereocenters. The van der Waals surface area contributed by atoms with Crippen molar-refractivity contribution >= 4 is 17.4 Å². The van der Waals surface area contributed by atoms with Crippen LogP contribution in [0.4, 0.5) is 0 Å². The number of nitrogens with one attached hydrogen (secondary N) is 1. The minimum absolute atomic E-state index is 0.100. The summed E-state index contributed by atoms with van der Waals surface area (Å²) in [5, 5.41) is 3.29. The van der Waals surface area contributed by atoms with Gasteiger partial charge in [0.05, 0.1) is 24.5 Å². The van der Waals surface area contributed by atoms with Crippen molar-refractivity contribution in [2.45, 2.75) is 26.7 Å². The first-order valence-corrected chi connectivity index (χ1v) is 10.9. The highest BCUT2D eigenvalue weighted by Crippen LogP contribution is 2.47. The summed E-state index contributed by atoms with van der Waals surface area (Å²) < 4.78 is 16.8. The Hall–Kier alpha value is -3.98. The zero-order valence-electron chi connectivity index (χ0n) is 18.9. The van der Waals surface area contributed by atoms with E-state index >= 15 is 0 Å². The molecule has 2 aliphatic rings. The van der Waals surface area contributed by atoms with Gasteiger partial charge in [0.15, 0.2) is 17.3 Å². The fourth-order valence-corrected chi connectivity index (χ4v) is 4.35. The number of hydrogen-bond donors (Lipinski definition) is 1. The van der Waals surface area contributed by atoms with E-state index in [9.17, 15) is 9.59 Å². The van der Waals surface area contributed by atoms with E-state index in [-0.39, 0.29) is 19.0 Å². The molecule has 0 aromatic heterocycles. The number of fused-ring (bicyclic) bond motifs is 2. The largest absolute Gasteiger partial charge is 0.490 e. The van der Waals surface area contributed by atoms with E-state index in [1.807, 2.05) is 38.1 Å². The summed E-state index contributed by atoms with van der Waals surface area (Å²) in [5.41, 5.74) is 4.44. The van der Waals surface area contributed by atoms with Crippen LogP contribution in [-0.4, -0.2) is 31.6 Å². The molecule has 4 rings (SSSR count). The van der Waals surface area contributed by atoms with Crippen LogP contribution < -0.4 is 14.8 Å². The Morgan fingerprint density at radius 1 is 1.06 bits per heavy atom. The summed E-state index contributed by atoms with van der Waals surface area (Å²) >= 11 is 0. The monoisotopic (exact) mass is 443 g/mol. The van der Waals surface area contributed by atoms with Gasteiger partial charge in [0.1, 0.15) is 6.61 Å². The van der Waals surface area contributed by atoms with E-state index < -0.39 is 11.9 Å². The van der Waals surface area contributed by atoms with Crippen LogP contribution in [0.2, 0.25) is 0 Å². The molecule has 1 heterocycles. The van der Waals surface area contributed by atoms with Crippen LogP contribution >= 0.6 is 0 Å². The Kier molecular flexibility index (Phi) is 6.23. The molecule has 0 saturated heterocycles. The first kappa shape index (κ1) is 22.2. The van der Waals surface area contributed by atoms with Gasteiger partial charge >= 0.3 is 5.97 Å². The van der Waals surface area contributed by atoms with Crippen LogP contribution in [0.15, 0.2) is 59.3 Å². The summed E-state index contributed by atoms with van der Waals surface area (Å²) in [7, 11) is 0. The van der Waals surface area contributed by atoms with Gasteiger partial charge in [-0.05, 0) is 38.5 Å². The number of rotatable bonds is 7. The third-order valence-corrected chi connectivity index (χ3v) is 5.66. The van der Waals surface area contributed by atoms with Crippen LogP contribution in [0.5, 0.6) is 11.5 Å². The van der Waals surface area contributed by atoms with E-state index in [2.05, 4.69) is 11.2 Å². The van der Waals surface area contributed by atoms with E-state index in [0.29, 0.717) is 40.5 Å². The number of hydrogen-bond acceptors (Lipinski definition) is 6. The maximum absolute atomic E-state index is 13.5. The Morgan fingerprint density at radius 2 is 1.82 bits per heavy atom. The van der Waals surface area contributed by atoms with Crippen LogP contribution in [0.3, 0.4) is 0 Å². The molecule has 6 heteroatoms. The number of Topliss-reactive ketones (excluding diaryl/α,β-unsaturated/α-hetero) is 1. The van der Waals surface area contributed by atoms with Crippen LogP contribution in [0.25, 0.3) is 5.70 Å². The predicted octanol–water partition coefficient (Wildman–Crippen LogP) is 4.23. The highest BCUT2D eigenvalue weighted by atomic mass is 16.5. The molecule has 0 spiro atoms. The van der Waals surface area contributed by atoms with Crippen LogP contribution in [0, 0.1) is 12.3 Å². The molecule has 33 heavy (non-hydrogen) atoms. The molecule has 1 aliphatic carbocycles. The smallest absolute Gasteiger partial charge is 0.336 e. The molecule has 0 amide bonds. The van der Waals surface area contributed by atoms with Crippen molar-refractivity contribution in [3.8, 4) is 23.8 Å². The molecule has 0 bridgehead atoms. The summed E-state index contributed by atoms with van der Waals surface area (Å²) in [6.45, 7) is 6.19. The Balaban J connectivity index is 1.89. The molecule has 0 radical (unpaired) electrons. The van der Waals surface area contributed by atoms with Gasteiger partial charge in [-0.25, -0.2) is 4.79 Å². The normalized spacial score (nSPS) is 16.5. The molecule has 1 atom stereocenters. The third kappa shape index (κ3) is 3.87. The lowest BCUT2D eigenvalue weighted by molar-refractivity contribution is -0.138. The van der Waals surface area contributed by atoms with Crippen molar-refractivity contribution < 1.29 is 23.8 Å². The number of esters is 1. The molecule has 1 N–H and O–H groups in total. The van der Waals surface area contributed by atoms with Gasteiger partial charge in [0.2, 0.25) is 0 Å². The molecular formula is C27H25NO5. The second kappa shape index (κ2) is 9.25. The van der Waals surface area contributed by atoms with Gasteiger partial charge < -0.3 is 19.5 Å². The average molecular weight is 443 g/mol. The number of allylic oxidation sites excluding steroid dienone is 2. The number of ether oxygens (including phenoxy) is 3. The van der Waals surface area contributed by atoms with Crippen molar-refractivity contribution in [1.29, 1.82) is 0 Å². The minimum Gasteiger partial charge on any atom is -0.490 e. The van der Waals surface area contributed by atoms with Crippen LogP contribution in [0.1, 0.15) is 48.2 Å². The number of carbonyl (C=O) groups is 2. The first-order valence-electron chi connectivity index (χ1n) is 10.9. The lowest BCUT2D eigenvalue weighted by Crippen LogP contribution is -2.29. The van der Waals surface area contributed by atoms with E-state index in [4.69, 9.17) is 20.6 Å². The summed E-state index contributed by atoms with van der Waals surface area (Å²) in [4.78, 5) is 26.6. The highest BCUT2D eigenvalue weighted by molar-refractivity contribution is 6.23. The van der Waals surface area contributed by atoms with Gasteiger partial charge in [-0.3, -0.25) is 4.79 Å². The lowest BCUT2D eigenvalue weighted by atomic mass is 9.79. The molecule has 2 aromatic rings. The fraction of sp³-hybridized carbons (Fsp3) is 0.259. The number of benzene rings is 2. The van der Waals surface area contributed by atoms with Crippen molar-refractivity contribution in [2.24, 2.45) is 0 Å². The second-order valence-corrected chi connectivity index (χ2v) is 7.61. The molecule has 0 fully saturated rings. The van der Waals surface area contributed by atoms with Crippen LogP contribution in [-0.2, 0) is 9.53 Å². The topological polar surface area (TPSA) is 73.9 Å². The predicted molar refractivity (Wildman–Crippen MR) is 125 cm³/mol. The van der Waals surface area contributed by atoms with Crippen molar-refractivity contribution in [2.75, 3.05) is 19.8 Å². The number of terminal acetylenes is 1. The van der Waals surface area contributed by atoms with E-state index in [1.165, 1.54) is 0 Å². The SMILES string of the molecule is C#CCOc1ccc([C@H]2C(C(=O)OCC)=C(C)NC3=C2C(=O)c2ccccc23)cc1OCC. The van der Waals surface area contributed by atoms with E-state index in [1.54, 1.807) is 25.1 Å². The number of dihydropyridines is 1. The maximum Gasteiger partial charge on any atom is 0.336 e. The lowest BCUT2D eigenvalue weighted by Gasteiger charge is -2.29. The second-order valence-electron chi connectivity index (χ2n) is 7.61. The Morgan fingerprint density at radius 3 is 2.52 bits per heavy atom. The van der Waals surface area contributed by atoms with Gasteiger partial charge in [-0.1, -0.05) is 36.3 Å². The summed E-state index contributed by atoms with van der Waals surface area (Å²) in [6.07, 6.45) is 5.33. The third-order valence-electron chi connectivity index (χ3n) is 5.66. The Bertz CT molecular complexity index is 1230. The molecular weight excluding hydrogens is 418 g/mol. The molecule has 6 nitrogen and oxygen atoms in total. The standard InChI is InChI=1S/C27H25NO5/c1-5-14-33-20-13-12-17(15-21(20)31-6-2)23-22(27(30)32-7-3)16(4)28-25-18-10-8-9-11-19(18)26(29)24(23)25/h1,8-13,15,23,28H,6-7,14H2,2-4H3/t23-/m0/s1. The zero-order valence-corrected chi connectivity index (χ0v) is 18.9. The molecule has 168 valence electrons.